The van der Waals surface area contributed by atoms with Crippen molar-refractivity contribution in [2.45, 2.75) is 31.7 Å². The number of hydrogen-bond acceptors (Lipinski definition) is 3. The maximum absolute atomic E-state index is 13.5. The lowest BCUT2D eigenvalue weighted by molar-refractivity contribution is 0.0943. The molecule has 1 aliphatic rings. The largest absolute Gasteiger partial charge is 0.348 e. The number of carbonyl (C=O) groups is 1. The third-order valence-corrected chi connectivity index (χ3v) is 3.76. The van der Waals surface area contributed by atoms with E-state index < -0.39 is 0 Å². The van der Waals surface area contributed by atoms with Crippen LogP contribution in [0.25, 0.3) is 10.9 Å². The van der Waals surface area contributed by atoms with Crippen LogP contribution in [0.4, 0.5) is 4.39 Å². The van der Waals surface area contributed by atoms with Crippen LogP contribution in [0, 0.1) is 5.82 Å². The molecule has 0 radical (unpaired) electrons. The van der Waals surface area contributed by atoms with E-state index in [2.05, 4.69) is 10.3 Å². The molecule has 1 heterocycles. The van der Waals surface area contributed by atoms with E-state index in [4.69, 9.17) is 5.73 Å². The van der Waals surface area contributed by atoms with Gasteiger partial charge in [-0.2, -0.15) is 0 Å². The van der Waals surface area contributed by atoms with Crippen LogP contribution in [0.1, 0.15) is 41.7 Å². The minimum Gasteiger partial charge on any atom is -0.348 e. The van der Waals surface area contributed by atoms with Crippen molar-refractivity contribution in [3.8, 4) is 0 Å². The first kappa shape index (κ1) is 19.6. The molecule has 0 spiro atoms. The lowest BCUT2D eigenvalue weighted by Crippen LogP contribution is -2.37. The minimum absolute atomic E-state index is 0. The number of aromatic nitrogens is 1. The molecule has 0 saturated heterocycles. The number of carbonyl (C=O) groups excluding carboxylic acids is 1. The van der Waals surface area contributed by atoms with Gasteiger partial charge in [-0.25, -0.2) is 4.39 Å². The van der Waals surface area contributed by atoms with Gasteiger partial charge in [0.1, 0.15) is 5.82 Å². The molecule has 126 valence electrons. The molecule has 1 aromatic heterocycles. The summed E-state index contributed by atoms with van der Waals surface area (Å²) < 4.78 is 13.5. The van der Waals surface area contributed by atoms with Crippen molar-refractivity contribution < 1.29 is 9.18 Å². The molecule has 0 bridgehead atoms. The van der Waals surface area contributed by atoms with Gasteiger partial charge < -0.3 is 11.1 Å². The van der Waals surface area contributed by atoms with Crippen LogP contribution in [0.3, 0.4) is 0 Å². The zero-order chi connectivity index (χ0) is 15.0. The van der Waals surface area contributed by atoms with E-state index in [-0.39, 0.29) is 42.6 Å². The van der Waals surface area contributed by atoms with Gasteiger partial charge in [-0.1, -0.05) is 0 Å². The normalized spacial score (nSPS) is 14.6. The number of pyridine rings is 1. The van der Waals surface area contributed by atoms with E-state index in [1.807, 2.05) is 6.92 Å². The molecule has 23 heavy (non-hydrogen) atoms. The Bertz CT molecular complexity index is 707. The van der Waals surface area contributed by atoms with Crippen molar-refractivity contribution in [1.82, 2.24) is 10.3 Å². The smallest absolute Gasteiger partial charge is 0.252 e. The number of rotatable bonds is 4. The predicted octanol–water partition coefficient (Wildman–Crippen LogP) is 3.17. The fraction of sp³-hybridized carbons (Fsp3) is 0.375. The number of nitrogens with one attached hydrogen (secondary N) is 1. The molecule has 1 fully saturated rings. The number of nitrogens with zero attached hydrogens (tertiary/aromatic N) is 1. The van der Waals surface area contributed by atoms with Gasteiger partial charge in [0, 0.05) is 29.6 Å². The van der Waals surface area contributed by atoms with Crippen molar-refractivity contribution >= 4 is 41.6 Å². The second-order valence-corrected chi connectivity index (χ2v) is 5.64. The number of nitrogens with two attached hydrogens (primary N) is 1. The monoisotopic (exact) mass is 359 g/mol. The Kier molecular flexibility index (Phi) is 6.74. The molecule has 1 atom stereocenters. The van der Waals surface area contributed by atoms with Gasteiger partial charge in [-0.3, -0.25) is 9.78 Å². The van der Waals surface area contributed by atoms with Gasteiger partial charge in [0.25, 0.3) is 5.91 Å². The van der Waals surface area contributed by atoms with Gasteiger partial charge in [-0.15, -0.1) is 24.8 Å². The van der Waals surface area contributed by atoms with Crippen molar-refractivity contribution in [3.05, 3.63) is 41.3 Å². The molecule has 7 heteroatoms. The molecule has 1 aromatic carbocycles. The summed E-state index contributed by atoms with van der Waals surface area (Å²) in [6, 6.07) is 6.02. The average Bonchev–Trinajstić information content (AvgIpc) is 3.30. The minimum atomic E-state index is -0.371. The van der Waals surface area contributed by atoms with E-state index in [1.165, 1.54) is 12.1 Å². The number of hydrogen-bond donors (Lipinski definition) is 2. The van der Waals surface area contributed by atoms with Gasteiger partial charge in [-0.05, 0) is 44.0 Å². The van der Waals surface area contributed by atoms with E-state index in [0.717, 1.165) is 18.5 Å². The summed E-state index contributed by atoms with van der Waals surface area (Å²) in [4.78, 5) is 17.0. The predicted molar refractivity (Wildman–Crippen MR) is 94.2 cm³/mol. The first-order valence-electron chi connectivity index (χ1n) is 7.19. The first-order valence-corrected chi connectivity index (χ1v) is 7.19. The van der Waals surface area contributed by atoms with Crippen molar-refractivity contribution in [3.63, 3.8) is 0 Å². The average molecular weight is 360 g/mol. The molecule has 0 unspecified atom stereocenters. The van der Waals surface area contributed by atoms with E-state index >= 15 is 0 Å². The summed E-state index contributed by atoms with van der Waals surface area (Å²) in [6.07, 6.45) is 2.19. The van der Waals surface area contributed by atoms with E-state index in [0.29, 0.717) is 28.9 Å². The highest BCUT2D eigenvalue weighted by Crippen LogP contribution is 2.40. The molecular weight excluding hydrogens is 340 g/mol. The number of halogens is 3. The van der Waals surface area contributed by atoms with Crippen LogP contribution in [0.5, 0.6) is 0 Å². The molecule has 2 aromatic rings. The lowest BCUT2D eigenvalue weighted by Gasteiger charge is -2.14. The van der Waals surface area contributed by atoms with Gasteiger partial charge >= 0.3 is 0 Å². The maximum Gasteiger partial charge on any atom is 0.252 e. The highest BCUT2D eigenvalue weighted by Gasteiger charge is 2.27. The highest BCUT2D eigenvalue weighted by atomic mass is 35.5. The quantitative estimate of drug-likeness (QED) is 0.880. The van der Waals surface area contributed by atoms with Crippen molar-refractivity contribution in [1.29, 1.82) is 0 Å². The Hall–Kier alpha value is -1.43. The van der Waals surface area contributed by atoms with E-state index in [1.54, 1.807) is 12.1 Å². The number of benzene rings is 1. The van der Waals surface area contributed by atoms with Crippen molar-refractivity contribution in [2.24, 2.45) is 5.73 Å². The third kappa shape index (κ3) is 4.31. The number of fused-ring (bicyclic) bond motifs is 1. The van der Waals surface area contributed by atoms with E-state index in [9.17, 15) is 9.18 Å². The van der Waals surface area contributed by atoms with Crippen LogP contribution >= 0.6 is 24.8 Å². The van der Waals surface area contributed by atoms with Gasteiger partial charge in [0.15, 0.2) is 0 Å². The Morgan fingerprint density at radius 3 is 2.70 bits per heavy atom. The zero-order valence-corrected chi connectivity index (χ0v) is 14.3. The molecule has 0 aliphatic heterocycles. The molecular formula is C16H20Cl2FN3O. The molecule has 4 nitrogen and oxygen atoms in total. The van der Waals surface area contributed by atoms with Crippen LogP contribution in [-0.4, -0.2) is 23.5 Å². The Balaban J connectivity index is 0.00000132. The standard InChI is InChI=1S/C16H18FN3O.2ClH/c1-9(8-18)19-16(21)13-7-15(10-2-3-10)20-14-5-4-11(17)6-12(13)14;;/h4-7,9-10H,2-3,8,18H2,1H3,(H,19,21);2*1H/t9-;;/m0../s1. The molecule has 3 rings (SSSR count). The van der Waals surface area contributed by atoms with Gasteiger partial charge in [0.05, 0.1) is 11.1 Å². The Morgan fingerprint density at radius 1 is 1.39 bits per heavy atom. The third-order valence-electron chi connectivity index (χ3n) is 3.76. The molecule has 1 saturated carbocycles. The maximum atomic E-state index is 13.5. The fourth-order valence-electron chi connectivity index (χ4n) is 2.36. The summed E-state index contributed by atoms with van der Waals surface area (Å²) in [5, 5.41) is 3.37. The summed E-state index contributed by atoms with van der Waals surface area (Å²) in [7, 11) is 0. The van der Waals surface area contributed by atoms with Crippen LogP contribution in [-0.2, 0) is 0 Å². The Labute approximate surface area is 146 Å². The highest BCUT2D eigenvalue weighted by molar-refractivity contribution is 6.06. The molecule has 1 aliphatic carbocycles. The lowest BCUT2D eigenvalue weighted by atomic mass is 10.0. The summed E-state index contributed by atoms with van der Waals surface area (Å²) in [5.74, 6) is -0.171. The zero-order valence-electron chi connectivity index (χ0n) is 12.7. The topological polar surface area (TPSA) is 68.0 Å². The second-order valence-electron chi connectivity index (χ2n) is 5.64. The van der Waals surface area contributed by atoms with Crippen molar-refractivity contribution in [2.75, 3.05) is 6.54 Å². The van der Waals surface area contributed by atoms with Gasteiger partial charge in [0.2, 0.25) is 0 Å². The van der Waals surface area contributed by atoms with Crippen LogP contribution in [0.15, 0.2) is 24.3 Å². The SMILES string of the molecule is C[C@@H](CN)NC(=O)c1cc(C2CC2)nc2ccc(F)cc12.Cl.Cl. The first-order chi connectivity index (χ1) is 10.1. The van der Waals surface area contributed by atoms with Crippen LogP contribution < -0.4 is 11.1 Å². The molecule has 1 amide bonds. The van der Waals surface area contributed by atoms with Crippen LogP contribution in [0.2, 0.25) is 0 Å². The Morgan fingerprint density at radius 2 is 2.09 bits per heavy atom. The summed E-state index contributed by atoms with van der Waals surface area (Å²) in [5.41, 5.74) is 7.59. The second kappa shape index (κ2) is 7.90. The fourth-order valence-corrected chi connectivity index (χ4v) is 2.36. The number of amides is 1. The summed E-state index contributed by atoms with van der Waals surface area (Å²) in [6.45, 7) is 2.20. The molecule has 3 N–H and O–H groups in total. The summed E-state index contributed by atoms with van der Waals surface area (Å²) >= 11 is 0.